The van der Waals surface area contributed by atoms with Crippen LogP contribution in [-0.4, -0.2) is 27.3 Å². The Balaban J connectivity index is 1.87. The molecule has 0 aliphatic carbocycles. The number of carboxylic acids is 1. The molecule has 0 aliphatic rings. The molecule has 1 aromatic heterocycles. The van der Waals surface area contributed by atoms with E-state index in [1.165, 1.54) is 35.7 Å². The van der Waals surface area contributed by atoms with Crippen molar-refractivity contribution < 1.29 is 14.3 Å². The van der Waals surface area contributed by atoms with Gasteiger partial charge in [-0.1, -0.05) is 54.2 Å². The van der Waals surface area contributed by atoms with Crippen LogP contribution in [0.4, 0.5) is 10.2 Å². The van der Waals surface area contributed by atoms with Gasteiger partial charge in [0.05, 0.1) is 0 Å². The lowest BCUT2D eigenvalue weighted by molar-refractivity contribution is 0.0692. The third-order valence-corrected chi connectivity index (χ3v) is 5.44. The Hall–Kier alpha value is -2.58. The lowest BCUT2D eigenvalue weighted by atomic mass is 10.2. The minimum Gasteiger partial charge on any atom is -0.477 e. The van der Waals surface area contributed by atoms with Crippen molar-refractivity contribution in [1.29, 1.82) is 0 Å². The maximum Gasteiger partial charge on any atom is 0.342 e. The van der Waals surface area contributed by atoms with Gasteiger partial charge in [-0.2, -0.15) is 0 Å². The summed E-state index contributed by atoms with van der Waals surface area (Å²) in [6.07, 6.45) is 1.84. The Labute approximate surface area is 170 Å². The summed E-state index contributed by atoms with van der Waals surface area (Å²) < 4.78 is 13.1. The number of aromatic carboxylic acids is 1. The molecule has 0 radical (unpaired) electrons. The second-order valence-corrected chi connectivity index (χ2v) is 7.54. The maximum atomic E-state index is 13.1. The monoisotopic (exact) mass is 415 g/mol. The van der Waals surface area contributed by atoms with E-state index in [0.717, 1.165) is 11.1 Å². The third-order valence-electron chi connectivity index (χ3n) is 3.84. The number of hydrogen-bond acceptors (Lipinski definition) is 6. The van der Waals surface area contributed by atoms with E-state index in [1.807, 2.05) is 36.6 Å². The predicted octanol–water partition coefficient (Wildman–Crippen LogP) is 4.94. The summed E-state index contributed by atoms with van der Waals surface area (Å²) in [5.41, 5.74) is 1.94. The van der Waals surface area contributed by atoms with Crippen molar-refractivity contribution in [3.8, 4) is 0 Å². The Kier molecular flexibility index (Phi) is 6.89. The standard InChI is InChI=1S/C20H18FN3O2S2/c1-27-20-23-17(22-11-13-7-9-15(21)10-8-13)16(19(25)26)18(24-20)28-12-14-5-3-2-4-6-14/h2-10H,11-12H2,1H3,(H,25,26)(H,22,23,24). The topological polar surface area (TPSA) is 75.1 Å². The lowest BCUT2D eigenvalue weighted by Crippen LogP contribution is -2.12. The van der Waals surface area contributed by atoms with Crippen LogP contribution in [0.5, 0.6) is 0 Å². The number of nitrogens with one attached hydrogen (secondary N) is 1. The molecule has 5 nitrogen and oxygen atoms in total. The molecular formula is C20H18FN3O2S2. The number of carboxylic acid groups (broad SMARTS) is 1. The smallest absolute Gasteiger partial charge is 0.342 e. The molecule has 28 heavy (non-hydrogen) atoms. The minimum atomic E-state index is -1.09. The SMILES string of the molecule is CSc1nc(NCc2ccc(F)cc2)c(C(=O)O)c(SCc2ccccc2)n1. The molecule has 0 bridgehead atoms. The quantitative estimate of drug-likeness (QED) is 0.307. The van der Waals surface area contributed by atoms with Gasteiger partial charge >= 0.3 is 5.97 Å². The van der Waals surface area contributed by atoms with Crippen molar-refractivity contribution >= 4 is 35.3 Å². The Morgan fingerprint density at radius 2 is 1.79 bits per heavy atom. The van der Waals surface area contributed by atoms with E-state index in [1.54, 1.807) is 12.1 Å². The fourth-order valence-electron chi connectivity index (χ4n) is 2.45. The van der Waals surface area contributed by atoms with Crippen LogP contribution in [0.2, 0.25) is 0 Å². The van der Waals surface area contributed by atoms with Gasteiger partial charge in [0, 0.05) is 12.3 Å². The Bertz CT molecular complexity index is 954. The first-order valence-corrected chi connectivity index (χ1v) is 10.6. The van der Waals surface area contributed by atoms with E-state index in [2.05, 4.69) is 15.3 Å². The van der Waals surface area contributed by atoms with Crippen molar-refractivity contribution in [3.63, 3.8) is 0 Å². The first kappa shape index (κ1) is 20.2. The van der Waals surface area contributed by atoms with E-state index in [4.69, 9.17) is 0 Å². The fourth-order valence-corrected chi connectivity index (χ4v) is 3.85. The molecule has 3 aromatic rings. The minimum absolute atomic E-state index is 0.0424. The van der Waals surface area contributed by atoms with Gasteiger partial charge in [0.1, 0.15) is 22.2 Å². The molecule has 0 aliphatic heterocycles. The normalized spacial score (nSPS) is 10.6. The summed E-state index contributed by atoms with van der Waals surface area (Å²) in [5, 5.41) is 13.7. The molecular weight excluding hydrogens is 397 g/mol. The average Bonchev–Trinajstić information content (AvgIpc) is 2.71. The van der Waals surface area contributed by atoms with Crippen LogP contribution in [-0.2, 0) is 12.3 Å². The molecule has 0 fully saturated rings. The fraction of sp³-hybridized carbons (Fsp3) is 0.150. The van der Waals surface area contributed by atoms with Gasteiger partial charge in [-0.05, 0) is 29.5 Å². The molecule has 2 N–H and O–H groups in total. The number of aromatic nitrogens is 2. The third kappa shape index (κ3) is 5.24. The second kappa shape index (κ2) is 9.57. The van der Waals surface area contributed by atoms with E-state index < -0.39 is 5.97 Å². The molecule has 0 amide bonds. The molecule has 8 heteroatoms. The number of rotatable bonds is 8. The maximum absolute atomic E-state index is 13.1. The van der Waals surface area contributed by atoms with Gasteiger partial charge < -0.3 is 10.4 Å². The summed E-state index contributed by atoms with van der Waals surface area (Å²) in [6.45, 7) is 0.328. The molecule has 0 spiro atoms. The van der Waals surface area contributed by atoms with Crippen LogP contribution in [0.15, 0.2) is 64.8 Å². The molecule has 0 atom stereocenters. The van der Waals surface area contributed by atoms with Crippen molar-refractivity contribution in [2.45, 2.75) is 22.5 Å². The van der Waals surface area contributed by atoms with Crippen LogP contribution in [0, 0.1) is 5.82 Å². The van der Waals surface area contributed by atoms with Crippen LogP contribution in [0.25, 0.3) is 0 Å². The number of thioether (sulfide) groups is 2. The number of nitrogens with zero attached hydrogens (tertiary/aromatic N) is 2. The summed E-state index contributed by atoms with van der Waals surface area (Å²) in [7, 11) is 0. The second-order valence-electron chi connectivity index (χ2n) is 5.80. The van der Waals surface area contributed by atoms with Crippen LogP contribution in [0.3, 0.4) is 0 Å². The molecule has 0 unspecified atom stereocenters. The van der Waals surface area contributed by atoms with Crippen molar-refractivity contribution in [2.75, 3.05) is 11.6 Å². The van der Waals surface area contributed by atoms with E-state index in [0.29, 0.717) is 22.5 Å². The Morgan fingerprint density at radius 1 is 1.07 bits per heavy atom. The lowest BCUT2D eigenvalue weighted by Gasteiger charge is -2.13. The van der Waals surface area contributed by atoms with Gasteiger partial charge in [0.15, 0.2) is 5.16 Å². The average molecular weight is 416 g/mol. The highest BCUT2D eigenvalue weighted by Gasteiger charge is 2.21. The number of hydrogen-bond donors (Lipinski definition) is 2. The summed E-state index contributed by atoms with van der Waals surface area (Å²) in [5.74, 6) is -0.554. The van der Waals surface area contributed by atoms with Crippen molar-refractivity contribution in [2.24, 2.45) is 0 Å². The molecule has 144 valence electrons. The molecule has 2 aromatic carbocycles. The van der Waals surface area contributed by atoms with E-state index in [-0.39, 0.29) is 17.2 Å². The van der Waals surface area contributed by atoms with Crippen molar-refractivity contribution in [3.05, 3.63) is 77.1 Å². The van der Waals surface area contributed by atoms with E-state index >= 15 is 0 Å². The summed E-state index contributed by atoms with van der Waals surface area (Å²) in [4.78, 5) is 20.7. The highest BCUT2D eigenvalue weighted by atomic mass is 32.2. The zero-order chi connectivity index (χ0) is 19.9. The van der Waals surface area contributed by atoms with Gasteiger partial charge in [-0.3, -0.25) is 0 Å². The van der Waals surface area contributed by atoms with E-state index in [9.17, 15) is 14.3 Å². The van der Waals surface area contributed by atoms with Gasteiger partial charge in [0.2, 0.25) is 0 Å². The Morgan fingerprint density at radius 3 is 2.43 bits per heavy atom. The first-order valence-electron chi connectivity index (χ1n) is 8.41. The van der Waals surface area contributed by atoms with Gasteiger partial charge in [-0.25, -0.2) is 19.2 Å². The summed E-state index contributed by atoms with van der Waals surface area (Å²) >= 11 is 2.71. The van der Waals surface area contributed by atoms with Crippen LogP contribution >= 0.6 is 23.5 Å². The first-order chi connectivity index (χ1) is 13.6. The molecule has 0 saturated heterocycles. The number of halogens is 1. The molecule has 0 saturated carbocycles. The van der Waals surface area contributed by atoms with Crippen LogP contribution in [0.1, 0.15) is 21.5 Å². The number of carbonyl (C=O) groups is 1. The van der Waals surface area contributed by atoms with Crippen LogP contribution < -0.4 is 5.32 Å². The number of anilines is 1. The molecule has 1 heterocycles. The zero-order valence-electron chi connectivity index (χ0n) is 15.1. The highest BCUT2D eigenvalue weighted by Crippen LogP contribution is 2.30. The largest absolute Gasteiger partial charge is 0.477 e. The predicted molar refractivity (Wildman–Crippen MR) is 111 cm³/mol. The summed E-state index contributed by atoms with van der Waals surface area (Å²) in [6, 6.07) is 15.8. The zero-order valence-corrected chi connectivity index (χ0v) is 16.7. The van der Waals surface area contributed by atoms with Gasteiger partial charge in [0.25, 0.3) is 0 Å². The van der Waals surface area contributed by atoms with Crippen molar-refractivity contribution in [1.82, 2.24) is 9.97 Å². The van der Waals surface area contributed by atoms with Gasteiger partial charge in [-0.15, -0.1) is 11.8 Å². The molecule has 3 rings (SSSR count). The number of benzene rings is 2. The highest BCUT2D eigenvalue weighted by molar-refractivity contribution is 7.99.